The maximum absolute atomic E-state index is 12.3. The van der Waals surface area contributed by atoms with Crippen molar-refractivity contribution in [3.8, 4) is 5.75 Å². The molecule has 3 nitrogen and oxygen atoms in total. The van der Waals surface area contributed by atoms with E-state index in [1.54, 1.807) is 11.8 Å². The second-order valence-corrected chi connectivity index (χ2v) is 8.87. The zero-order chi connectivity index (χ0) is 19.2. The Morgan fingerprint density at radius 2 is 1.77 bits per heavy atom. The molecule has 1 unspecified atom stereocenters. The molecule has 0 aliphatic heterocycles. The molecule has 2 aromatic carbocycles. The Morgan fingerprint density at radius 1 is 1.12 bits per heavy atom. The molecule has 0 heterocycles. The van der Waals surface area contributed by atoms with E-state index in [0.717, 1.165) is 10.6 Å². The summed E-state index contributed by atoms with van der Waals surface area (Å²) in [7, 11) is 0. The van der Waals surface area contributed by atoms with Crippen LogP contribution in [0, 0.1) is 6.92 Å². The predicted octanol–water partition coefficient (Wildman–Crippen LogP) is 4.97. The molecule has 2 rings (SSSR count). The van der Waals surface area contributed by atoms with Crippen LogP contribution >= 0.6 is 11.8 Å². The number of ether oxygens (including phenoxy) is 1. The summed E-state index contributed by atoms with van der Waals surface area (Å²) in [6, 6.07) is 16.3. The van der Waals surface area contributed by atoms with Crippen LogP contribution in [0.25, 0.3) is 0 Å². The van der Waals surface area contributed by atoms with Crippen LogP contribution in [-0.4, -0.2) is 24.3 Å². The standard InChI is InChI=1S/C22H29NO2S/c1-16-10-12-18(13-11-16)26-17(2)21(24)23-14-15-25-20-9-7-6-8-19(20)22(3,4)5/h6-13,17H,14-15H2,1-5H3,(H,23,24). The number of aryl methyl sites for hydroxylation is 1. The maximum atomic E-state index is 12.3. The summed E-state index contributed by atoms with van der Waals surface area (Å²) < 4.78 is 5.90. The van der Waals surface area contributed by atoms with Gasteiger partial charge in [0.2, 0.25) is 5.91 Å². The first-order valence-corrected chi connectivity index (χ1v) is 9.88. The van der Waals surface area contributed by atoms with Crippen molar-refractivity contribution in [3.63, 3.8) is 0 Å². The average Bonchev–Trinajstić information content (AvgIpc) is 2.60. The van der Waals surface area contributed by atoms with E-state index in [1.165, 1.54) is 11.1 Å². The van der Waals surface area contributed by atoms with Gasteiger partial charge in [-0.25, -0.2) is 0 Å². The molecule has 0 aromatic heterocycles. The molecule has 0 aliphatic rings. The van der Waals surface area contributed by atoms with Crippen LogP contribution in [0.15, 0.2) is 53.4 Å². The van der Waals surface area contributed by atoms with Crippen LogP contribution in [-0.2, 0) is 10.2 Å². The number of para-hydroxylation sites is 1. The Hall–Kier alpha value is -1.94. The highest BCUT2D eigenvalue weighted by Gasteiger charge is 2.18. The van der Waals surface area contributed by atoms with Gasteiger partial charge in [-0.2, -0.15) is 0 Å². The molecule has 0 fully saturated rings. The van der Waals surface area contributed by atoms with Crippen molar-refractivity contribution in [2.24, 2.45) is 0 Å². The van der Waals surface area contributed by atoms with Crippen LogP contribution in [0.1, 0.15) is 38.8 Å². The van der Waals surface area contributed by atoms with E-state index in [0.29, 0.717) is 13.2 Å². The third kappa shape index (κ3) is 6.10. The van der Waals surface area contributed by atoms with Crippen molar-refractivity contribution in [2.45, 2.75) is 50.2 Å². The Kier molecular flexibility index (Phi) is 7.15. The van der Waals surface area contributed by atoms with Gasteiger partial charge in [0.05, 0.1) is 11.8 Å². The van der Waals surface area contributed by atoms with Crippen LogP contribution in [0.4, 0.5) is 0 Å². The molecule has 26 heavy (non-hydrogen) atoms. The normalized spacial score (nSPS) is 12.5. The van der Waals surface area contributed by atoms with Gasteiger partial charge in [-0.05, 0) is 43.0 Å². The largest absolute Gasteiger partial charge is 0.491 e. The second kappa shape index (κ2) is 9.13. The fraction of sp³-hybridized carbons (Fsp3) is 0.409. The number of benzene rings is 2. The van der Waals surface area contributed by atoms with Crippen LogP contribution in [0.3, 0.4) is 0 Å². The summed E-state index contributed by atoms with van der Waals surface area (Å²) in [6.07, 6.45) is 0. The average molecular weight is 372 g/mol. The van der Waals surface area contributed by atoms with Crippen molar-refractivity contribution in [2.75, 3.05) is 13.2 Å². The summed E-state index contributed by atoms with van der Waals surface area (Å²) in [5.41, 5.74) is 2.42. The highest BCUT2D eigenvalue weighted by Crippen LogP contribution is 2.30. The first kappa shape index (κ1) is 20.4. The summed E-state index contributed by atoms with van der Waals surface area (Å²) in [6.45, 7) is 11.4. The lowest BCUT2D eigenvalue weighted by molar-refractivity contribution is -0.120. The van der Waals surface area contributed by atoms with E-state index < -0.39 is 0 Å². The van der Waals surface area contributed by atoms with Gasteiger partial charge in [0, 0.05) is 4.90 Å². The summed E-state index contributed by atoms with van der Waals surface area (Å²) >= 11 is 1.57. The van der Waals surface area contributed by atoms with Crippen molar-refractivity contribution in [1.29, 1.82) is 0 Å². The third-order valence-corrected chi connectivity index (χ3v) is 5.17. The van der Waals surface area contributed by atoms with Gasteiger partial charge >= 0.3 is 0 Å². The predicted molar refractivity (Wildman–Crippen MR) is 110 cm³/mol. The molecule has 1 N–H and O–H groups in total. The Balaban J connectivity index is 1.79. The zero-order valence-electron chi connectivity index (χ0n) is 16.3. The number of thioether (sulfide) groups is 1. The summed E-state index contributed by atoms with van der Waals surface area (Å²) in [4.78, 5) is 13.4. The molecule has 0 saturated carbocycles. The van der Waals surface area contributed by atoms with Crippen LogP contribution in [0.2, 0.25) is 0 Å². The molecule has 2 aromatic rings. The molecule has 0 bridgehead atoms. The molecular weight excluding hydrogens is 342 g/mol. The van der Waals surface area contributed by atoms with Gasteiger partial charge in [0.1, 0.15) is 12.4 Å². The van der Waals surface area contributed by atoms with Crippen molar-refractivity contribution in [1.82, 2.24) is 5.32 Å². The second-order valence-electron chi connectivity index (χ2n) is 7.46. The molecule has 0 saturated heterocycles. The quantitative estimate of drug-likeness (QED) is 0.552. The lowest BCUT2D eigenvalue weighted by Crippen LogP contribution is -2.34. The first-order valence-electron chi connectivity index (χ1n) is 9.01. The van der Waals surface area contributed by atoms with E-state index in [4.69, 9.17) is 4.74 Å². The fourth-order valence-corrected chi connectivity index (χ4v) is 3.46. The SMILES string of the molecule is Cc1ccc(SC(C)C(=O)NCCOc2ccccc2C(C)(C)C)cc1. The van der Waals surface area contributed by atoms with E-state index >= 15 is 0 Å². The van der Waals surface area contributed by atoms with Gasteiger partial charge in [-0.3, -0.25) is 4.79 Å². The molecule has 0 aliphatic carbocycles. The van der Waals surface area contributed by atoms with Crippen molar-refractivity contribution < 1.29 is 9.53 Å². The van der Waals surface area contributed by atoms with Crippen molar-refractivity contribution in [3.05, 3.63) is 59.7 Å². The van der Waals surface area contributed by atoms with Gasteiger partial charge in [-0.15, -0.1) is 11.8 Å². The Labute approximate surface area is 161 Å². The van der Waals surface area contributed by atoms with Gasteiger partial charge in [-0.1, -0.05) is 56.7 Å². The minimum absolute atomic E-state index is 0.0268. The van der Waals surface area contributed by atoms with Gasteiger partial charge in [0.25, 0.3) is 0 Å². The number of carbonyl (C=O) groups is 1. The topological polar surface area (TPSA) is 38.3 Å². The van der Waals surface area contributed by atoms with Crippen LogP contribution in [0.5, 0.6) is 5.75 Å². The van der Waals surface area contributed by atoms with E-state index in [1.807, 2.05) is 25.1 Å². The smallest absolute Gasteiger partial charge is 0.233 e. The van der Waals surface area contributed by atoms with Gasteiger partial charge in [0.15, 0.2) is 0 Å². The fourth-order valence-electron chi connectivity index (χ4n) is 2.57. The number of nitrogens with one attached hydrogen (secondary N) is 1. The molecule has 0 radical (unpaired) electrons. The number of hydrogen-bond donors (Lipinski definition) is 1. The minimum Gasteiger partial charge on any atom is -0.491 e. The highest BCUT2D eigenvalue weighted by atomic mass is 32.2. The molecule has 0 spiro atoms. The monoisotopic (exact) mass is 371 g/mol. The lowest BCUT2D eigenvalue weighted by atomic mass is 9.86. The maximum Gasteiger partial charge on any atom is 0.233 e. The molecular formula is C22H29NO2S. The first-order chi connectivity index (χ1) is 12.3. The molecule has 140 valence electrons. The van der Waals surface area contributed by atoms with Crippen molar-refractivity contribution >= 4 is 17.7 Å². The molecule has 1 amide bonds. The lowest BCUT2D eigenvalue weighted by Gasteiger charge is -2.22. The highest BCUT2D eigenvalue weighted by molar-refractivity contribution is 8.00. The third-order valence-electron chi connectivity index (χ3n) is 4.06. The van der Waals surface area contributed by atoms with Gasteiger partial charge < -0.3 is 10.1 Å². The number of rotatable bonds is 7. The van der Waals surface area contributed by atoms with Crippen LogP contribution < -0.4 is 10.1 Å². The molecule has 1 atom stereocenters. The number of amides is 1. The number of carbonyl (C=O) groups excluding carboxylic acids is 1. The van der Waals surface area contributed by atoms with E-state index in [-0.39, 0.29) is 16.6 Å². The molecule has 4 heteroatoms. The summed E-state index contributed by atoms with van der Waals surface area (Å²) in [5, 5.41) is 2.82. The number of hydrogen-bond acceptors (Lipinski definition) is 3. The Bertz CT molecular complexity index is 720. The zero-order valence-corrected chi connectivity index (χ0v) is 17.2. The Morgan fingerprint density at radius 3 is 2.42 bits per heavy atom. The van der Waals surface area contributed by atoms with E-state index in [2.05, 4.69) is 63.3 Å². The minimum atomic E-state index is -0.139. The van der Waals surface area contributed by atoms with E-state index in [9.17, 15) is 4.79 Å². The summed E-state index contributed by atoms with van der Waals surface area (Å²) in [5.74, 6) is 0.916.